The van der Waals surface area contributed by atoms with Crippen LogP contribution in [0.1, 0.15) is 26.7 Å². The first-order chi connectivity index (χ1) is 8.01. The van der Waals surface area contributed by atoms with E-state index >= 15 is 0 Å². The van der Waals surface area contributed by atoms with Crippen LogP contribution in [0.2, 0.25) is 0 Å². The highest BCUT2D eigenvalue weighted by atomic mass is 16.4. The summed E-state index contributed by atoms with van der Waals surface area (Å²) in [4.78, 5) is 21.7. The molecule has 0 spiro atoms. The fraction of sp³-hybridized carbons (Fsp3) is 0.545. The zero-order valence-electron chi connectivity index (χ0n) is 9.99. The van der Waals surface area contributed by atoms with Gasteiger partial charge in [-0.25, -0.2) is 0 Å². The van der Waals surface area contributed by atoms with E-state index in [9.17, 15) is 9.59 Å². The van der Waals surface area contributed by atoms with Crippen molar-refractivity contribution >= 4 is 11.9 Å². The van der Waals surface area contributed by atoms with Crippen molar-refractivity contribution in [2.24, 2.45) is 0 Å². The first-order valence-corrected chi connectivity index (χ1v) is 5.37. The molecule has 17 heavy (non-hydrogen) atoms. The number of nitriles is 1. The summed E-state index contributed by atoms with van der Waals surface area (Å²) in [5.74, 6) is -1.39. The molecule has 1 amide bonds. The van der Waals surface area contributed by atoms with E-state index in [0.717, 1.165) is 6.42 Å². The van der Waals surface area contributed by atoms with Crippen LogP contribution >= 0.6 is 0 Å². The molecule has 0 aromatic heterocycles. The van der Waals surface area contributed by atoms with Gasteiger partial charge in [0.1, 0.15) is 11.6 Å². The largest absolute Gasteiger partial charge is 0.481 e. The van der Waals surface area contributed by atoms with Gasteiger partial charge in [0.25, 0.3) is 5.91 Å². The number of carbonyl (C=O) groups excluding carboxylic acids is 1. The first-order valence-electron chi connectivity index (χ1n) is 5.37. The number of nitrogens with zero attached hydrogens (tertiary/aromatic N) is 1. The first kappa shape index (κ1) is 15.0. The average molecular weight is 239 g/mol. The Labute approximate surface area is 100 Å². The van der Waals surface area contributed by atoms with Crippen molar-refractivity contribution in [3.8, 4) is 6.07 Å². The Kier molecular flexibility index (Phi) is 7.19. The molecular formula is C11H17N3O3. The Morgan fingerprint density at radius 3 is 2.65 bits per heavy atom. The number of amides is 1. The standard InChI is InChI=1S/C11H17N3O3/c1-3-8(2)14-11(17)9(6-12)7-13-5-4-10(15)16/h7-8,13H,3-5H2,1-2H3,(H,14,17)(H,15,16)/b9-7-. The second-order valence-corrected chi connectivity index (χ2v) is 3.55. The minimum Gasteiger partial charge on any atom is -0.481 e. The van der Waals surface area contributed by atoms with Crippen LogP contribution in [-0.2, 0) is 9.59 Å². The Morgan fingerprint density at radius 2 is 2.18 bits per heavy atom. The lowest BCUT2D eigenvalue weighted by Crippen LogP contribution is -2.33. The maximum atomic E-state index is 11.5. The van der Waals surface area contributed by atoms with Crippen LogP contribution in [-0.4, -0.2) is 29.6 Å². The van der Waals surface area contributed by atoms with Gasteiger partial charge in [0.2, 0.25) is 0 Å². The Morgan fingerprint density at radius 1 is 1.53 bits per heavy atom. The highest BCUT2D eigenvalue weighted by Gasteiger charge is 2.10. The van der Waals surface area contributed by atoms with Crippen molar-refractivity contribution in [3.05, 3.63) is 11.8 Å². The maximum absolute atomic E-state index is 11.5. The van der Waals surface area contributed by atoms with Crippen LogP contribution in [0.25, 0.3) is 0 Å². The molecular weight excluding hydrogens is 222 g/mol. The van der Waals surface area contributed by atoms with E-state index in [2.05, 4.69) is 10.6 Å². The van der Waals surface area contributed by atoms with E-state index in [1.165, 1.54) is 6.20 Å². The van der Waals surface area contributed by atoms with Crippen LogP contribution in [0.5, 0.6) is 0 Å². The number of nitrogens with one attached hydrogen (secondary N) is 2. The second kappa shape index (κ2) is 8.16. The molecule has 0 saturated carbocycles. The van der Waals surface area contributed by atoms with E-state index < -0.39 is 11.9 Å². The van der Waals surface area contributed by atoms with Crippen molar-refractivity contribution in [2.75, 3.05) is 6.54 Å². The third-order valence-electron chi connectivity index (χ3n) is 2.08. The smallest absolute Gasteiger partial charge is 0.305 e. The fourth-order valence-electron chi connectivity index (χ4n) is 0.906. The average Bonchev–Trinajstić information content (AvgIpc) is 2.28. The second-order valence-electron chi connectivity index (χ2n) is 3.55. The molecule has 94 valence electrons. The van der Waals surface area contributed by atoms with Crippen LogP contribution in [0.4, 0.5) is 0 Å². The Hall–Kier alpha value is -2.03. The third-order valence-corrected chi connectivity index (χ3v) is 2.08. The number of rotatable bonds is 7. The number of carboxylic acid groups (broad SMARTS) is 1. The lowest BCUT2D eigenvalue weighted by molar-refractivity contribution is -0.136. The monoisotopic (exact) mass is 239 g/mol. The van der Waals surface area contributed by atoms with Gasteiger partial charge < -0.3 is 15.7 Å². The van der Waals surface area contributed by atoms with E-state index in [-0.39, 0.29) is 24.6 Å². The molecule has 6 heteroatoms. The normalized spacial score (nSPS) is 12.4. The summed E-state index contributed by atoms with van der Waals surface area (Å²) >= 11 is 0. The molecule has 0 fully saturated rings. The molecule has 1 unspecified atom stereocenters. The summed E-state index contributed by atoms with van der Waals surface area (Å²) in [6.07, 6.45) is 1.94. The predicted octanol–water partition coefficient (Wildman–Crippen LogP) is 0.373. The van der Waals surface area contributed by atoms with Gasteiger partial charge in [0.15, 0.2) is 0 Å². The molecule has 3 N–H and O–H groups in total. The van der Waals surface area contributed by atoms with Crippen LogP contribution < -0.4 is 10.6 Å². The molecule has 0 bridgehead atoms. The summed E-state index contributed by atoms with van der Waals surface area (Å²) in [6.45, 7) is 3.94. The minimum atomic E-state index is -0.937. The number of hydrogen-bond acceptors (Lipinski definition) is 4. The van der Waals surface area contributed by atoms with Crippen molar-refractivity contribution in [2.45, 2.75) is 32.7 Å². The molecule has 0 aliphatic rings. The molecule has 0 heterocycles. The van der Waals surface area contributed by atoms with E-state index in [4.69, 9.17) is 10.4 Å². The molecule has 0 radical (unpaired) electrons. The zero-order valence-corrected chi connectivity index (χ0v) is 9.99. The van der Waals surface area contributed by atoms with Gasteiger partial charge in [-0.3, -0.25) is 9.59 Å². The Bertz CT molecular complexity index is 344. The molecule has 0 saturated heterocycles. The van der Waals surface area contributed by atoms with Gasteiger partial charge in [0.05, 0.1) is 6.42 Å². The minimum absolute atomic E-state index is 0.00160. The van der Waals surface area contributed by atoms with Gasteiger partial charge in [0, 0.05) is 18.8 Å². The highest BCUT2D eigenvalue weighted by molar-refractivity contribution is 5.97. The van der Waals surface area contributed by atoms with Crippen LogP contribution in [0, 0.1) is 11.3 Å². The fourth-order valence-corrected chi connectivity index (χ4v) is 0.906. The van der Waals surface area contributed by atoms with Gasteiger partial charge in [-0.05, 0) is 13.3 Å². The molecule has 0 aromatic rings. The molecule has 0 aromatic carbocycles. The number of hydrogen-bond donors (Lipinski definition) is 3. The van der Waals surface area contributed by atoms with Crippen molar-refractivity contribution in [3.63, 3.8) is 0 Å². The lowest BCUT2D eigenvalue weighted by atomic mass is 10.2. The summed E-state index contributed by atoms with van der Waals surface area (Å²) in [5, 5.41) is 22.4. The third kappa shape index (κ3) is 6.95. The number of aliphatic carboxylic acids is 1. The van der Waals surface area contributed by atoms with Crippen molar-refractivity contribution in [1.29, 1.82) is 5.26 Å². The molecule has 0 aliphatic heterocycles. The molecule has 1 atom stereocenters. The van der Waals surface area contributed by atoms with E-state index in [1.54, 1.807) is 6.07 Å². The highest BCUT2D eigenvalue weighted by Crippen LogP contribution is 1.95. The SMILES string of the molecule is CCC(C)NC(=O)/C(C#N)=C\NCCC(=O)O. The lowest BCUT2D eigenvalue weighted by Gasteiger charge is -2.10. The van der Waals surface area contributed by atoms with Crippen LogP contribution in [0.3, 0.4) is 0 Å². The predicted molar refractivity (Wildman–Crippen MR) is 61.8 cm³/mol. The van der Waals surface area contributed by atoms with Gasteiger partial charge in [-0.2, -0.15) is 5.26 Å². The summed E-state index contributed by atoms with van der Waals surface area (Å²) in [5.41, 5.74) is -0.0595. The molecule has 6 nitrogen and oxygen atoms in total. The quantitative estimate of drug-likeness (QED) is 0.338. The van der Waals surface area contributed by atoms with Crippen molar-refractivity contribution < 1.29 is 14.7 Å². The number of carbonyl (C=O) groups is 2. The van der Waals surface area contributed by atoms with Crippen molar-refractivity contribution in [1.82, 2.24) is 10.6 Å². The molecule has 0 rings (SSSR count). The zero-order chi connectivity index (χ0) is 13.3. The van der Waals surface area contributed by atoms with Gasteiger partial charge in [-0.1, -0.05) is 6.92 Å². The maximum Gasteiger partial charge on any atom is 0.305 e. The summed E-state index contributed by atoms with van der Waals surface area (Å²) in [7, 11) is 0. The van der Waals surface area contributed by atoms with Crippen LogP contribution in [0.15, 0.2) is 11.8 Å². The summed E-state index contributed by atoms with van der Waals surface area (Å²) < 4.78 is 0. The van der Waals surface area contributed by atoms with Gasteiger partial charge in [-0.15, -0.1) is 0 Å². The molecule has 0 aliphatic carbocycles. The summed E-state index contributed by atoms with van der Waals surface area (Å²) in [6, 6.07) is 1.76. The van der Waals surface area contributed by atoms with E-state index in [0.29, 0.717) is 0 Å². The topological polar surface area (TPSA) is 102 Å². The van der Waals surface area contributed by atoms with E-state index in [1.807, 2.05) is 13.8 Å². The van der Waals surface area contributed by atoms with Gasteiger partial charge >= 0.3 is 5.97 Å². The Balaban J connectivity index is 4.22. The number of carboxylic acids is 1.